The summed E-state index contributed by atoms with van der Waals surface area (Å²) in [4.78, 5) is 4.65. The maximum absolute atomic E-state index is 12.9. The molecule has 110 valence electrons. The number of hydrogen-bond acceptors (Lipinski definition) is 4. The van der Waals surface area contributed by atoms with Crippen molar-refractivity contribution in [3.63, 3.8) is 0 Å². The van der Waals surface area contributed by atoms with Crippen LogP contribution in [0.15, 0.2) is 46.9 Å². The first-order valence-corrected chi connectivity index (χ1v) is 8.94. The van der Waals surface area contributed by atoms with E-state index in [0.29, 0.717) is 17.2 Å². The van der Waals surface area contributed by atoms with Gasteiger partial charge in [-0.2, -0.15) is 8.42 Å². The standard InChI is InChI=1S/C13H12ClN3O2S2/c1-2-17(10-6-4-3-5-7-10)21(18,19)12-11(14)15-13-16(12)8-9-20-13/h3-9H,2H2,1H3. The van der Waals surface area contributed by atoms with E-state index in [1.807, 2.05) is 6.07 Å². The zero-order valence-corrected chi connectivity index (χ0v) is 13.5. The highest BCUT2D eigenvalue weighted by Crippen LogP contribution is 2.30. The molecule has 0 radical (unpaired) electrons. The third-order valence-corrected chi connectivity index (χ3v) is 6.10. The molecule has 8 heteroatoms. The van der Waals surface area contributed by atoms with Gasteiger partial charge in [0.1, 0.15) is 0 Å². The second kappa shape index (κ2) is 5.32. The molecule has 0 spiro atoms. The fraction of sp³-hybridized carbons (Fsp3) is 0.154. The number of sulfonamides is 1. The first-order valence-electron chi connectivity index (χ1n) is 6.24. The van der Waals surface area contributed by atoms with Gasteiger partial charge in [0.25, 0.3) is 10.0 Å². The third kappa shape index (κ3) is 2.31. The Hall–Kier alpha value is -1.57. The molecule has 3 rings (SSSR count). The van der Waals surface area contributed by atoms with E-state index in [9.17, 15) is 8.42 Å². The molecule has 2 heterocycles. The summed E-state index contributed by atoms with van der Waals surface area (Å²) in [6, 6.07) is 8.94. The van der Waals surface area contributed by atoms with E-state index < -0.39 is 10.0 Å². The Morgan fingerprint density at radius 3 is 2.71 bits per heavy atom. The van der Waals surface area contributed by atoms with Crippen LogP contribution in [0.5, 0.6) is 0 Å². The second-order valence-corrected chi connectivity index (χ2v) is 7.28. The topological polar surface area (TPSA) is 54.7 Å². The van der Waals surface area contributed by atoms with Crippen LogP contribution in [-0.4, -0.2) is 24.3 Å². The van der Waals surface area contributed by atoms with Gasteiger partial charge in [0, 0.05) is 18.1 Å². The zero-order chi connectivity index (χ0) is 15.0. The number of aromatic nitrogens is 2. The third-order valence-electron chi connectivity index (χ3n) is 3.04. The first-order chi connectivity index (χ1) is 10.1. The molecule has 5 nitrogen and oxygen atoms in total. The summed E-state index contributed by atoms with van der Waals surface area (Å²) in [5.41, 5.74) is 0.598. The molecule has 0 saturated heterocycles. The monoisotopic (exact) mass is 341 g/mol. The summed E-state index contributed by atoms with van der Waals surface area (Å²) < 4.78 is 28.7. The number of para-hydroxylation sites is 1. The Labute approximate surface area is 131 Å². The normalized spacial score (nSPS) is 11.9. The molecule has 3 aromatic rings. The number of anilines is 1. The Balaban J connectivity index is 2.19. The number of nitrogens with zero attached hydrogens (tertiary/aromatic N) is 3. The molecular weight excluding hydrogens is 330 g/mol. The SMILES string of the molecule is CCN(c1ccccc1)S(=O)(=O)c1c(Cl)nc2sccn12. The number of rotatable bonds is 4. The van der Waals surface area contributed by atoms with E-state index in [1.165, 1.54) is 20.0 Å². The lowest BCUT2D eigenvalue weighted by Crippen LogP contribution is -2.31. The van der Waals surface area contributed by atoms with Crippen LogP contribution in [0.2, 0.25) is 5.15 Å². The second-order valence-electron chi connectivity index (χ2n) is 4.27. The van der Waals surface area contributed by atoms with Crippen molar-refractivity contribution in [2.75, 3.05) is 10.8 Å². The Morgan fingerprint density at radius 1 is 1.33 bits per heavy atom. The quantitative estimate of drug-likeness (QED) is 0.731. The lowest BCUT2D eigenvalue weighted by molar-refractivity contribution is 0.587. The molecule has 0 amide bonds. The van der Waals surface area contributed by atoms with Crippen molar-refractivity contribution < 1.29 is 8.42 Å². The minimum Gasteiger partial charge on any atom is -0.278 e. The molecule has 0 atom stereocenters. The van der Waals surface area contributed by atoms with Crippen LogP contribution in [0.1, 0.15) is 6.92 Å². The van der Waals surface area contributed by atoms with Crippen LogP contribution in [-0.2, 0) is 10.0 Å². The van der Waals surface area contributed by atoms with Gasteiger partial charge in [-0.3, -0.25) is 8.71 Å². The maximum atomic E-state index is 12.9. The lowest BCUT2D eigenvalue weighted by Gasteiger charge is -2.22. The van der Waals surface area contributed by atoms with Crippen molar-refractivity contribution in [1.29, 1.82) is 0 Å². The molecule has 0 bridgehead atoms. The minimum absolute atomic E-state index is 0.00349. The molecule has 0 aliphatic carbocycles. The van der Waals surface area contributed by atoms with Crippen molar-refractivity contribution in [2.45, 2.75) is 11.9 Å². The molecule has 2 aromatic heterocycles. The number of fused-ring (bicyclic) bond motifs is 1. The van der Waals surface area contributed by atoms with Gasteiger partial charge in [-0.25, -0.2) is 4.98 Å². The number of benzene rings is 1. The summed E-state index contributed by atoms with van der Waals surface area (Å²) in [5.74, 6) is 0. The molecule has 0 aliphatic heterocycles. The van der Waals surface area contributed by atoms with Crippen molar-refractivity contribution in [3.8, 4) is 0 Å². The van der Waals surface area contributed by atoms with E-state index in [1.54, 1.807) is 42.8 Å². The molecule has 0 aliphatic rings. The predicted octanol–water partition coefficient (Wildman–Crippen LogP) is 3.26. The van der Waals surface area contributed by atoms with Crippen LogP contribution in [0.25, 0.3) is 4.96 Å². The van der Waals surface area contributed by atoms with Gasteiger partial charge >= 0.3 is 0 Å². The Kier molecular flexibility index (Phi) is 3.64. The molecule has 0 N–H and O–H groups in total. The number of imidazole rings is 1. The molecule has 0 unspecified atom stereocenters. The summed E-state index contributed by atoms with van der Waals surface area (Å²) >= 11 is 7.39. The van der Waals surface area contributed by atoms with Crippen molar-refractivity contribution in [2.24, 2.45) is 0 Å². The van der Waals surface area contributed by atoms with Crippen LogP contribution >= 0.6 is 22.9 Å². The summed E-state index contributed by atoms with van der Waals surface area (Å²) in [7, 11) is -3.78. The zero-order valence-electron chi connectivity index (χ0n) is 11.1. The molecule has 1 aromatic carbocycles. The maximum Gasteiger partial charge on any atom is 0.283 e. The van der Waals surface area contributed by atoms with Gasteiger partial charge in [-0.05, 0) is 19.1 Å². The highest BCUT2D eigenvalue weighted by molar-refractivity contribution is 7.92. The van der Waals surface area contributed by atoms with Crippen molar-refractivity contribution >= 4 is 43.6 Å². The molecule has 21 heavy (non-hydrogen) atoms. The fourth-order valence-electron chi connectivity index (χ4n) is 2.16. The lowest BCUT2D eigenvalue weighted by atomic mass is 10.3. The van der Waals surface area contributed by atoms with Gasteiger partial charge in [0.2, 0.25) is 0 Å². The van der Waals surface area contributed by atoms with Crippen LogP contribution in [0.3, 0.4) is 0 Å². The number of halogens is 1. The van der Waals surface area contributed by atoms with E-state index in [4.69, 9.17) is 11.6 Å². The van der Waals surface area contributed by atoms with Crippen LogP contribution in [0, 0.1) is 0 Å². The van der Waals surface area contributed by atoms with Crippen LogP contribution in [0.4, 0.5) is 5.69 Å². The minimum atomic E-state index is -3.78. The largest absolute Gasteiger partial charge is 0.283 e. The average Bonchev–Trinajstić information content (AvgIpc) is 2.99. The number of hydrogen-bond donors (Lipinski definition) is 0. The Bertz CT molecular complexity index is 871. The Morgan fingerprint density at radius 2 is 2.05 bits per heavy atom. The van der Waals surface area contributed by atoms with Gasteiger partial charge in [-0.1, -0.05) is 29.8 Å². The fourth-order valence-corrected chi connectivity index (χ4v) is 5.05. The van der Waals surface area contributed by atoms with Gasteiger partial charge in [0.15, 0.2) is 15.1 Å². The van der Waals surface area contributed by atoms with E-state index in [2.05, 4.69) is 4.98 Å². The van der Waals surface area contributed by atoms with Gasteiger partial charge < -0.3 is 0 Å². The van der Waals surface area contributed by atoms with Crippen molar-refractivity contribution in [3.05, 3.63) is 47.1 Å². The molecule has 0 fully saturated rings. The highest BCUT2D eigenvalue weighted by Gasteiger charge is 2.30. The average molecular weight is 342 g/mol. The predicted molar refractivity (Wildman–Crippen MR) is 84.7 cm³/mol. The molecular formula is C13H12ClN3O2S2. The molecule has 0 saturated carbocycles. The highest BCUT2D eigenvalue weighted by atomic mass is 35.5. The van der Waals surface area contributed by atoms with E-state index in [0.717, 1.165) is 0 Å². The van der Waals surface area contributed by atoms with Crippen LogP contribution < -0.4 is 4.31 Å². The van der Waals surface area contributed by atoms with Gasteiger partial charge in [-0.15, -0.1) is 11.3 Å². The van der Waals surface area contributed by atoms with E-state index in [-0.39, 0.29) is 10.2 Å². The summed E-state index contributed by atoms with van der Waals surface area (Å²) in [6.45, 7) is 2.09. The van der Waals surface area contributed by atoms with Crippen molar-refractivity contribution in [1.82, 2.24) is 9.38 Å². The first kappa shape index (κ1) is 14.4. The smallest absolute Gasteiger partial charge is 0.278 e. The number of thiazole rings is 1. The summed E-state index contributed by atoms with van der Waals surface area (Å²) in [5, 5.41) is 1.78. The van der Waals surface area contributed by atoms with E-state index >= 15 is 0 Å². The van der Waals surface area contributed by atoms with Gasteiger partial charge in [0.05, 0.1) is 5.69 Å². The summed E-state index contributed by atoms with van der Waals surface area (Å²) in [6.07, 6.45) is 1.66.